The molecule has 2 aromatic carbocycles. The van der Waals surface area contributed by atoms with Crippen LogP contribution in [0.15, 0.2) is 42.5 Å². The molecule has 3 rings (SSSR count). The van der Waals surface area contributed by atoms with E-state index in [1.807, 2.05) is 38.1 Å². The molecule has 0 saturated carbocycles. The van der Waals surface area contributed by atoms with Gasteiger partial charge >= 0.3 is 0 Å². The zero-order valence-corrected chi connectivity index (χ0v) is 17.9. The fourth-order valence-corrected chi connectivity index (χ4v) is 3.37. The highest BCUT2D eigenvalue weighted by Gasteiger charge is 2.23. The normalized spacial score (nSPS) is 12.0. The molecular weight excluding hydrogens is 404 g/mol. The highest BCUT2D eigenvalue weighted by Crippen LogP contribution is 2.23. The van der Waals surface area contributed by atoms with Gasteiger partial charge in [-0.25, -0.2) is 4.98 Å². The summed E-state index contributed by atoms with van der Waals surface area (Å²) in [6, 6.07) is 11.9. The van der Waals surface area contributed by atoms with Crippen molar-refractivity contribution < 1.29 is 14.3 Å². The van der Waals surface area contributed by atoms with E-state index in [1.165, 1.54) is 0 Å². The van der Waals surface area contributed by atoms with Crippen LogP contribution in [-0.4, -0.2) is 34.9 Å². The maximum atomic E-state index is 12.8. The second-order valence-corrected chi connectivity index (χ2v) is 7.88. The molecule has 0 fully saturated rings. The van der Waals surface area contributed by atoms with E-state index in [2.05, 4.69) is 20.6 Å². The van der Waals surface area contributed by atoms with Gasteiger partial charge in [0, 0.05) is 5.02 Å². The Balaban J connectivity index is 1.68. The van der Waals surface area contributed by atoms with E-state index in [-0.39, 0.29) is 24.2 Å². The van der Waals surface area contributed by atoms with Gasteiger partial charge in [0.15, 0.2) is 0 Å². The summed E-state index contributed by atoms with van der Waals surface area (Å²) in [6.07, 6.45) is 0.559. The number of nitrogens with one attached hydrogen (secondary N) is 3. The molecule has 7 nitrogen and oxygen atoms in total. The van der Waals surface area contributed by atoms with Crippen LogP contribution in [0.5, 0.6) is 5.75 Å². The third-order valence-corrected chi connectivity index (χ3v) is 4.95. The molecule has 8 heteroatoms. The number of amides is 2. The number of anilines is 1. The Labute approximate surface area is 180 Å². The van der Waals surface area contributed by atoms with Crippen LogP contribution < -0.4 is 15.4 Å². The molecule has 0 saturated heterocycles. The van der Waals surface area contributed by atoms with Gasteiger partial charge in [0.2, 0.25) is 17.8 Å². The van der Waals surface area contributed by atoms with Gasteiger partial charge < -0.3 is 15.0 Å². The highest BCUT2D eigenvalue weighted by atomic mass is 35.5. The van der Waals surface area contributed by atoms with Crippen LogP contribution >= 0.6 is 11.6 Å². The lowest BCUT2D eigenvalue weighted by atomic mass is 10.0. The molecular formula is C22H25ClN4O3. The minimum atomic E-state index is -0.692. The molecule has 2 amide bonds. The summed E-state index contributed by atoms with van der Waals surface area (Å²) in [5.74, 6) is 0.570. The van der Waals surface area contributed by atoms with Gasteiger partial charge in [0.25, 0.3) is 0 Å². The van der Waals surface area contributed by atoms with Crippen LogP contribution in [0.25, 0.3) is 11.0 Å². The number of carbonyl (C=O) groups is 2. The van der Waals surface area contributed by atoms with Gasteiger partial charge in [-0.15, -0.1) is 0 Å². The lowest BCUT2D eigenvalue weighted by Gasteiger charge is -2.20. The molecule has 0 aliphatic heterocycles. The number of H-pyrrole nitrogens is 1. The maximum absolute atomic E-state index is 12.8. The predicted octanol–water partition coefficient (Wildman–Crippen LogP) is 3.94. The lowest BCUT2D eigenvalue weighted by molar-refractivity contribution is -0.126. The van der Waals surface area contributed by atoms with E-state index in [0.717, 1.165) is 11.0 Å². The summed E-state index contributed by atoms with van der Waals surface area (Å²) in [6.45, 7) is 3.99. The minimum absolute atomic E-state index is 0.0648. The molecule has 0 spiro atoms. The number of para-hydroxylation sites is 2. The topological polar surface area (TPSA) is 96.1 Å². The first-order chi connectivity index (χ1) is 14.4. The molecule has 3 N–H and O–H groups in total. The average molecular weight is 429 g/mol. The van der Waals surface area contributed by atoms with Crippen LogP contribution in [0.2, 0.25) is 5.02 Å². The van der Waals surface area contributed by atoms with Crippen molar-refractivity contribution in [2.45, 2.75) is 32.7 Å². The van der Waals surface area contributed by atoms with E-state index in [0.29, 0.717) is 28.7 Å². The lowest BCUT2D eigenvalue weighted by Crippen LogP contribution is -2.45. The van der Waals surface area contributed by atoms with Crippen LogP contribution in [0.1, 0.15) is 25.8 Å². The Morgan fingerprint density at radius 1 is 1.20 bits per heavy atom. The van der Waals surface area contributed by atoms with Gasteiger partial charge in [0.1, 0.15) is 11.8 Å². The number of ether oxygens (including phenoxy) is 1. The first kappa shape index (κ1) is 21.6. The van der Waals surface area contributed by atoms with E-state index >= 15 is 0 Å². The van der Waals surface area contributed by atoms with Crippen molar-refractivity contribution in [2.24, 2.45) is 5.92 Å². The van der Waals surface area contributed by atoms with Crippen molar-refractivity contribution in [3.63, 3.8) is 0 Å². The SMILES string of the molecule is COc1ccc(CC(=O)NC(CC(C)C)C(=O)Nc2nc3ccccc3[nH]2)c(Cl)c1. The largest absolute Gasteiger partial charge is 0.497 e. The van der Waals surface area contributed by atoms with E-state index < -0.39 is 6.04 Å². The zero-order chi connectivity index (χ0) is 21.7. The van der Waals surface area contributed by atoms with Crippen molar-refractivity contribution in [3.05, 3.63) is 53.1 Å². The Morgan fingerprint density at radius 2 is 1.97 bits per heavy atom. The molecule has 158 valence electrons. The summed E-state index contributed by atoms with van der Waals surface area (Å²) in [5, 5.41) is 6.03. The Bertz CT molecular complexity index is 1010. The third-order valence-electron chi connectivity index (χ3n) is 4.60. The highest BCUT2D eigenvalue weighted by molar-refractivity contribution is 6.31. The van der Waals surface area contributed by atoms with Crippen LogP contribution in [-0.2, 0) is 16.0 Å². The number of fused-ring (bicyclic) bond motifs is 1. The smallest absolute Gasteiger partial charge is 0.249 e. The number of carbonyl (C=O) groups excluding carboxylic acids is 2. The number of methoxy groups -OCH3 is 1. The molecule has 30 heavy (non-hydrogen) atoms. The molecule has 0 aliphatic carbocycles. The van der Waals surface area contributed by atoms with Crippen molar-refractivity contribution in [2.75, 3.05) is 12.4 Å². The number of rotatable bonds is 8. The van der Waals surface area contributed by atoms with Gasteiger partial charge in [-0.05, 0) is 42.2 Å². The fraction of sp³-hybridized carbons (Fsp3) is 0.318. The molecule has 1 atom stereocenters. The molecule has 1 aromatic heterocycles. The molecule has 0 aliphatic rings. The van der Waals surface area contributed by atoms with Crippen molar-refractivity contribution in [3.8, 4) is 5.75 Å². The first-order valence-electron chi connectivity index (χ1n) is 9.73. The number of imidazole rings is 1. The predicted molar refractivity (Wildman–Crippen MR) is 118 cm³/mol. The number of aromatic nitrogens is 2. The van der Waals surface area contributed by atoms with Crippen LogP contribution in [0, 0.1) is 5.92 Å². The summed E-state index contributed by atoms with van der Waals surface area (Å²) in [7, 11) is 1.55. The molecule has 0 radical (unpaired) electrons. The average Bonchev–Trinajstić information content (AvgIpc) is 3.10. The first-order valence-corrected chi connectivity index (χ1v) is 10.1. The number of hydrogen-bond acceptors (Lipinski definition) is 4. The van der Waals surface area contributed by atoms with Gasteiger partial charge in [-0.1, -0.05) is 43.6 Å². The van der Waals surface area contributed by atoms with Crippen molar-refractivity contribution >= 4 is 40.4 Å². The molecule has 1 heterocycles. The summed E-state index contributed by atoms with van der Waals surface area (Å²) in [5.41, 5.74) is 2.24. The molecule has 3 aromatic rings. The second kappa shape index (κ2) is 9.63. The summed E-state index contributed by atoms with van der Waals surface area (Å²) in [4.78, 5) is 32.9. The Hall–Kier alpha value is -3.06. The van der Waals surface area contributed by atoms with E-state index in [4.69, 9.17) is 16.3 Å². The van der Waals surface area contributed by atoms with Crippen molar-refractivity contribution in [1.29, 1.82) is 0 Å². The van der Waals surface area contributed by atoms with Crippen LogP contribution in [0.4, 0.5) is 5.95 Å². The zero-order valence-electron chi connectivity index (χ0n) is 17.2. The minimum Gasteiger partial charge on any atom is -0.497 e. The Kier molecular flexibility index (Phi) is 6.95. The number of nitrogens with zero attached hydrogens (tertiary/aromatic N) is 1. The molecule has 0 bridgehead atoms. The standard InChI is InChI=1S/C22H25ClN4O3/c1-13(2)10-19(21(29)27-22-25-17-6-4-5-7-18(17)26-22)24-20(28)11-14-8-9-15(30-3)12-16(14)23/h4-9,12-13,19H,10-11H2,1-3H3,(H,24,28)(H2,25,26,27,29). The monoisotopic (exact) mass is 428 g/mol. The van der Waals surface area contributed by atoms with Crippen molar-refractivity contribution in [1.82, 2.24) is 15.3 Å². The second-order valence-electron chi connectivity index (χ2n) is 7.48. The quantitative estimate of drug-likeness (QED) is 0.506. The fourth-order valence-electron chi connectivity index (χ4n) is 3.14. The van der Waals surface area contributed by atoms with E-state index in [1.54, 1.807) is 25.3 Å². The maximum Gasteiger partial charge on any atom is 0.249 e. The summed E-state index contributed by atoms with van der Waals surface area (Å²) >= 11 is 6.23. The number of halogens is 1. The summed E-state index contributed by atoms with van der Waals surface area (Å²) < 4.78 is 5.13. The van der Waals surface area contributed by atoms with E-state index in [9.17, 15) is 9.59 Å². The Morgan fingerprint density at radius 3 is 2.63 bits per heavy atom. The number of hydrogen-bond donors (Lipinski definition) is 3. The third kappa shape index (κ3) is 5.51. The number of aromatic amines is 1. The van der Waals surface area contributed by atoms with Gasteiger partial charge in [-0.2, -0.15) is 0 Å². The van der Waals surface area contributed by atoms with Gasteiger partial charge in [0.05, 0.1) is 24.6 Å². The molecule has 1 unspecified atom stereocenters. The number of benzene rings is 2. The van der Waals surface area contributed by atoms with Crippen LogP contribution in [0.3, 0.4) is 0 Å². The van der Waals surface area contributed by atoms with Gasteiger partial charge in [-0.3, -0.25) is 14.9 Å².